The van der Waals surface area contributed by atoms with Gasteiger partial charge in [-0.1, -0.05) is 30.3 Å². The van der Waals surface area contributed by atoms with E-state index < -0.39 is 10.0 Å². The minimum Gasteiger partial charge on any atom is -0.369 e. The van der Waals surface area contributed by atoms with E-state index in [9.17, 15) is 18.0 Å². The summed E-state index contributed by atoms with van der Waals surface area (Å²) in [5, 5.41) is 0. The largest absolute Gasteiger partial charge is 0.369 e. The summed E-state index contributed by atoms with van der Waals surface area (Å²) in [6.45, 7) is 3.14. The first-order valence-corrected chi connectivity index (χ1v) is 11.3. The average molecular weight is 409 g/mol. The van der Waals surface area contributed by atoms with Crippen molar-refractivity contribution >= 4 is 21.8 Å². The molecule has 2 aliphatic rings. The normalized spacial score (nSPS) is 20.2. The summed E-state index contributed by atoms with van der Waals surface area (Å²) < 4.78 is 26.7. The van der Waals surface area contributed by atoms with Crippen molar-refractivity contribution in [2.45, 2.75) is 18.6 Å². The van der Waals surface area contributed by atoms with Crippen LogP contribution in [0.3, 0.4) is 0 Å². The van der Waals surface area contributed by atoms with Gasteiger partial charge in [0.1, 0.15) is 0 Å². The topological polar surface area (TPSA) is 104 Å². The smallest absolute Gasteiger partial charge is 0.236 e. The number of rotatable bonds is 6. The summed E-state index contributed by atoms with van der Waals surface area (Å²) in [6.07, 6.45) is 1.38. The molecule has 2 fully saturated rings. The molecule has 8 nitrogen and oxygen atoms in total. The molecular formula is C19H28N4O4S. The van der Waals surface area contributed by atoms with Crippen molar-refractivity contribution in [3.05, 3.63) is 35.9 Å². The van der Waals surface area contributed by atoms with Gasteiger partial charge in [-0.15, -0.1) is 0 Å². The van der Waals surface area contributed by atoms with Crippen LogP contribution in [0.15, 0.2) is 30.3 Å². The Morgan fingerprint density at radius 2 is 1.57 bits per heavy atom. The molecule has 0 atom stereocenters. The maximum absolute atomic E-state index is 12.6. The average Bonchev–Trinajstić information content (AvgIpc) is 2.69. The third-order valence-corrected chi connectivity index (χ3v) is 7.38. The highest BCUT2D eigenvalue weighted by Gasteiger charge is 2.30. The highest BCUT2D eigenvalue weighted by Crippen LogP contribution is 2.17. The number of carbonyl (C=O) groups is 2. The quantitative estimate of drug-likeness (QED) is 0.705. The van der Waals surface area contributed by atoms with Gasteiger partial charge in [0.2, 0.25) is 21.8 Å². The molecule has 3 rings (SSSR count). The second kappa shape index (κ2) is 9.02. The maximum Gasteiger partial charge on any atom is 0.236 e. The predicted molar refractivity (Wildman–Crippen MR) is 106 cm³/mol. The van der Waals surface area contributed by atoms with Gasteiger partial charge in [-0.25, -0.2) is 8.42 Å². The predicted octanol–water partition coefficient (Wildman–Crippen LogP) is -0.142. The highest BCUT2D eigenvalue weighted by molar-refractivity contribution is 7.88. The van der Waals surface area contributed by atoms with Crippen LogP contribution < -0.4 is 5.73 Å². The van der Waals surface area contributed by atoms with E-state index in [0.29, 0.717) is 58.7 Å². The van der Waals surface area contributed by atoms with Gasteiger partial charge in [0.15, 0.2) is 0 Å². The van der Waals surface area contributed by atoms with Gasteiger partial charge >= 0.3 is 0 Å². The Kier molecular flexibility index (Phi) is 6.69. The lowest BCUT2D eigenvalue weighted by molar-refractivity contribution is -0.134. The third-order valence-electron chi connectivity index (χ3n) is 5.53. The van der Waals surface area contributed by atoms with Gasteiger partial charge in [-0.05, 0) is 31.5 Å². The van der Waals surface area contributed by atoms with Gasteiger partial charge in [0.25, 0.3) is 0 Å². The van der Waals surface area contributed by atoms with E-state index in [4.69, 9.17) is 5.73 Å². The van der Waals surface area contributed by atoms with Crippen molar-refractivity contribution in [2.24, 2.45) is 11.7 Å². The molecule has 0 aromatic heterocycles. The van der Waals surface area contributed by atoms with Gasteiger partial charge in [0, 0.05) is 32.1 Å². The van der Waals surface area contributed by atoms with Crippen LogP contribution in [0.5, 0.6) is 0 Å². The molecule has 0 aliphatic carbocycles. The molecule has 0 bridgehead atoms. The zero-order valence-electron chi connectivity index (χ0n) is 16.0. The second-order valence-corrected chi connectivity index (χ2v) is 9.44. The Morgan fingerprint density at radius 1 is 0.964 bits per heavy atom. The number of sulfonamides is 1. The molecule has 1 aromatic carbocycles. The Hall–Kier alpha value is -1.97. The monoisotopic (exact) mass is 408 g/mol. The Labute approximate surface area is 166 Å². The Morgan fingerprint density at radius 3 is 2.14 bits per heavy atom. The molecule has 2 aliphatic heterocycles. The molecule has 1 aromatic rings. The standard InChI is InChI=1S/C19H28N4O4S/c20-19(25)17-6-8-21(9-7-17)14-18(24)22-10-12-23(13-11-22)28(26,27)15-16-4-2-1-3-5-16/h1-5,17H,6-15H2,(H2,20,25). The first-order valence-electron chi connectivity index (χ1n) is 9.66. The van der Waals surface area contributed by atoms with Crippen LogP contribution in [0, 0.1) is 5.92 Å². The van der Waals surface area contributed by atoms with E-state index in [1.54, 1.807) is 17.0 Å². The molecule has 2 heterocycles. The third kappa shape index (κ3) is 5.30. The van der Waals surface area contributed by atoms with E-state index >= 15 is 0 Å². The fraction of sp³-hybridized carbons (Fsp3) is 0.579. The molecule has 0 radical (unpaired) electrons. The number of hydrogen-bond donors (Lipinski definition) is 1. The first kappa shape index (κ1) is 20.8. The number of piperazine rings is 1. The summed E-state index contributed by atoms with van der Waals surface area (Å²) in [5.74, 6) is -0.363. The molecule has 0 unspecified atom stereocenters. The number of benzene rings is 1. The van der Waals surface area contributed by atoms with Crippen molar-refractivity contribution in [1.29, 1.82) is 0 Å². The summed E-state index contributed by atoms with van der Waals surface area (Å²) in [6, 6.07) is 9.12. The van der Waals surface area contributed by atoms with Crippen LogP contribution in [-0.2, 0) is 25.4 Å². The van der Waals surface area contributed by atoms with Crippen molar-refractivity contribution in [3.63, 3.8) is 0 Å². The zero-order valence-corrected chi connectivity index (χ0v) is 16.8. The number of amides is 2. The van der Waals surface area contributed by atoms with E-state index in [1.807, 2.05) is 23.1 Å². The fourth-order valence-electron chi connectivity index (χ4n) is 3.76. The maximum atomic E-state index is 12.6. The molecule has 28 heavy (non-hydrogen) atoms. The van der Waals surface area contributed by atoms with E-state index in [0.717, 1.165) is 5.56 Å². The fourth-order valence-corrected chi connectivity index (χ4v) is 5.27. The van der Waals surface area contributed by atoms with Crippen molar-refractivity contribution < 1.29 is 18.0 Å². The van der Waals surface area contributed by atoms with Crippen molar-refractivity contribution in [3.8, 4) is 0 Å². The summed E-state index contributed by atoms with van der Waals surface area (Å²) >= 11 is 0. The van der Waals surface area contributed by atoms with Crippen LogP contribution >= 0.6 is 0 Å². The summed E-state index contributed by atoms with van der Waals surface area (Å²) in [4.78, 5) is 27.6. The van der Waals surface area contributed by atoms with Gasteiger partial charge < -0.3 is 10.6 Å². The van der Waals surface area contributed by atoms with Crippen LogP contribution in [0.1, 0.15) is 18.4 Å². The Balaban J connectivity index is 1.46. The molecule has 2 saturated heterocycles. The van der Waals surface area contributed by atoms with Crippen LogP contribution in [0.25, 0.3) is 0 Å². The van der Waals surface area contributed by atoms with Crippen LogP contribution in [0.2, 0.25) is 0 Å². The Bertz CT molecular complexity index is 783. The van der Waals surface area contributed by atoms with Gasteiger partial charge in [0.05, 0.1) is 12.3 Å². The van der Waals surface area contributed by atoms with Crippen LogP contribution in [-0.4, -0.2) is 80.2 Å². The molecule has 0 spiro atoms. The minimum absolute atomic E-state index is 0.0117. The number of primary amides is 1. The molecule has 2 amide bonds. The van der Waals surface area contributed by atoms with Gasteiger partial charge in [-0.3, -0.25) is 14.5 Å². The highest BCUT2D eigenvalue weighted by atomic mass is 32.2. The number of piperidine rings is 1. The van der Waals surface area contributed by atoms with E-state index in [2.05, 4.69) is 0 Å². The molecular weight excluding hydrogens is 380 g/mol. The number of nitrogens with zero attached hydrogens (tertiary/aromatic N) is 3. The molecule has 154 valence electrons. The zero-order chi connectivity index (χ0) is 20.1. The number of likely N-dealkylation sites (tertiary alicyclic amines) is 1. The molecule has 0 saturated carbocycles. The van der Waals surface area contributed by atoms with Crippen LogP contribution in [0.4, 0.5) is 0 Å². The van der Waals surface area contributed by atoms with E-state index in [1.165, 1.54) is 4.31 Å². The first-order chi connectivity index (χ1) is 13.3. The number of carbonyl (C=O) groups excluding carboxylic acids is 2. The lowest BCUT2D eigenvalue weighted by Crippen LogP contribution is -2.53. The summed E-state index contributed by atoms with van der Waals surface area (Å²) in [7, 11) is -3.39. The SMILES string of the molecule is NC(=O)C1CCN(CC(=O)N2CCN(S(=O)(=O)Cc3ccccc3)CC2)CC1. The minimum atomic E-state index is -3.39. The van der Waals surface area contributed by atoms with Crippen molar-refractivity contribution in [2.75, 3.05) is 45.8 Å². The number of hydrogen-bond acceptors (Lipinski definition) is 5. The molecule has 9 heteroatoms. The summed E-state index contributed by atoms with van der Waals surface area (Å²) in [5.41, 5.74) is 6.11. The van der Waals surface area contributed by atoms with E-state index in [-0.39, 0.29) is 23.5 Å². The van der Waals surface area contributed by atoms with Crippen molar-refractivity contribution in [1.82, 2.24) is 14.1 Å². The molecule has 2 N–H and O–H groups in total. The second-order valence-electron chi connectivity index (χ2n) is 7.47. The lowest BCUT2D eigenvalue weighted by atomic mass is 9.96. The van der Waals surface area contributed by atoms with Gasteiger partial charge in [-0.2, -0.15) is 4.31 Å². The lowest BCUT2D eigenvalue weighted by Gasteiger charge is -2.36. The number of nitrogens with two attached hydrogens (primary N) is 1.